The van der Waals surface area contributed by atoms with E-state index in [1.54, 1.807) is 36.6 Å². The fourth-order valence-corrected chi connectivity index (χ4v) is 6.85. The molecule has 1 aliphatic heterocycles. The lowest BCUT2D eigenvalue weighted by Crippen LogP contribution is -2.51. The largest absolute Gasteiger partial charge is 0.487 e. The summed E-state index contributed by atoms with van der Waals surface area (Å²) in [5.74, 6) is 1.53. The quantitative estimate of drug-likeness (QED) is 0.176. The molecule has 0 spiro atoms. The first kappa shape index (κ1) is 35.0. The highest BCUT2D eigenvalue weighted by molar-refractivity contribution is 6.32. The van der Waals surface area contributed by atoms with E-state index >= 15 is 0 Å². The van der Waals surface area contributed by atoms with Crippen LogP contribution in [0.3, 0.4) is 0 Å². The van der Waals surface area contributed by atoms with Crippen LogP contribution < -0.4 is 14.8 Å². The van der Waals surface area contributed by atoms with Crippen molar-refractivity contribution in [1.29, 1.82) is 0 Å². The maximum atomic E-state index is 6.47. The second kappa shape index (κ2) is 16.2. The first-order valence-electron chi connectivity index (χ1n) is 17.1. The molecule has 1 unspecified atom stereocenters. The van der Waals surface area contributed by atoms with Crippen molar-refractivity contribution < 1.29 is 18.9 Å². The molecule has 4 aromatic rings. The number of hydrogen-bond acceptors (Lipinski definition) is 12. The summed E-state index contributed by atoms with van der Waals surface area (Å²) in [5, 5.41) is 20.0. The minimum absolute atomic E-state index is 0.0786. The van der Waals surface area contributed by atoms with Crippen molar-refractivity contribution in [2.45, 2.75) is 103 Å². The normalized spacial score (nSPS) is 22.8. The van der Waals surface area contributed by atoms with Gasteiger partial charge in [0.25, 0.3) is 5.88 Å². The second-order valence-corrected chi connectivity index (χ2v) is 13.6. The van der Waals surface area contributed by atoms with Crippen molar-refractivity contribution in [3.63, 3.8) is 0 Å². The van der Waals surface area contributed by atoms with Gasteiger partial charge in [-0.3, -0.25) is 9.58 Å². The molecule has 0 radical (unpaired) electrons. The summed E-state index contributed by atoms with van der Waals surface area (Å²) in [7, 11) is 1.70. The van der Waals surface area contributed by atoms with E-state index in [4.69, 9.17) is 35.6 Å². The lowest BCUT2D eigenvalue weighted by Gasteiger charge is -2.42. The highest BCUT2D eigenvalue weighted by Gasteiger charge is 2.32. The summed E-state index contributed by atoms with van der Waals surface area (Å²) < 4.78 is 27.4. The predicted molar refractivity (Wildman–Crippen MR) is 185 cm³/mol. The van der Waals surface area contributed by atoms with Crippen LogP contribution in [0.5, 0.6) is 11.6 Å². The molecule has 1 aromatic carbocycles. The molecule has 6 rings (SSSR count). The molecule has 0 amide bonds. The maximum Gasteiger partial charge on any atom is 0.257 e. The Kier molecular flexibility index (Phi) is 11.6. The number of tetrazole rings is 1. The van der Waals surface area contributed by atoms with Gasteiger partial charge in [-0.2, -0.15) is 0 Å². The number of nitrogens with zero attached hydrogens (tertiary/aromatic N) is 9. The Hall–Kier alpha value is -3.85. The molecule has 4 heterocycles. The minimum Gasteiger partial charge on any atom is -0.487 e. The molecule has 3 aromatic heterocycles. The summed E-state index contributed by atoms with van der Waals surface area (Å²) in [4.78, 5) is 11.9. The van der Waals surface area contributed by atoms with Crippen LogP contribution in [-0.2, 0) is 16.0 Å². The smallest absolute Gasteiger partial charge is 0.257 e. The van der Waals surface area contributed by atoms with Gasteiger partial charge in [0.15, 0.2) is 0 Å². The number of halogens is 1. The van der Waals surface area contributed by atoms with Gasteiger partial charge in [0, 0.05) is 57.2 Å². The third-order valence-electron chi connectivity index (χ3n) is 9.07. The van der Waals surface area contributed by atoms with E-state index in [-0.39, 0.29) is 24.4 Å². The lowest BCUT2D eigenvalue weighted by atomic mass is 9.89. The van der Waals surface area contributed by atoms with E-state index in [2.05, 4.69) is 54.2 Å². The van der Waals surface area contributed by atoms with Gasteiger partial charge in [0.1, 0.15) is 23.9 Å². The number of morpholine rings is 1. The Morgan fingerprint density at radius 1 is 0.980 bits per heavy atom. The number of methoxy groups -OCH3 is 1. The minimum atomic E-state index is -0.207. The van der Waals surface area contributed by atoms with Gasteiger partial charge in [-0.25, -0.2) is 14.6 Å². The summed E-state index contributed by atoms with van der Waals surface area (Å²) in [6.07, 6.45) is 12.5. The molecule has 49 heavy (non-hydrogen) atoms. The molecule has 1 aliphatic carbocycles. The van der Waals surface area contributed by atoms with E-state index in [1.807, 2.05) is 32.2 Å². The zero-order valence-corrected chi connectivity index (χ0v) is 29.7. The van der Waals surface area contributed by atoms with Crippen LogP contribution in [-0.4, -0.2) is 102 Å². The number of hydrogen-bond donors (Lipinski definition) is 1. The van der Waals surface area contributed by atoms with Gasteiger partial charge in [0.2, 0.25) is 5.95 Å². The molecular formula is C34H47ClN10O4. The van der Waals surface area contributed by atoms with Gasteiger partial charge in [-0.05, 0) is 81.5 Å². The number of aromatic nitrogens is 8. The Morgan fingerprint density at radius 2 is 1.71 bits per heavy atom. The van der Waals surface area contributed by atoms with Gasteiger partial charge in [-0.1, -0.05) is 17.7 Å². The van der Waals surface area contributed by atoms with Crippen molar-refractivity contribution in [2.75, 3.05) is 32.1 Å². The predicted octanol–water partition coefficient (Wildman–Crippen LogP) is 5.59. The zero-order chi connectivity index (χ0) is 34.3. The number of rotatable bonds is 14. The fraction of sp³-hybridized carbons (Fsp3) is 0.588. The maximum absolute atomic E-state index is 6.47. The summed E-state index contributed by atoms with van der Waals surface area (Å²) >= 11 is 6.47. The van der Waals surface area contributed by atoms with E-state index in [9.17, 15) is 0 Å². The number of ether oxygens (including phenoxy) is 4. The Labute approximate surface area is 292 Å². The average molecular weight is 695 g/mol. The fourth-order valence-electron chi connectivity index (χ4n) is 6.69. The van der Waals surface area contributed by atoms with Crippen molar-refractivity contribution in [1.82, 2.24) is 44.9 Å². The molecule has 2 fully saturated rings. The Morgan fingerprint density at radius 3 is 2.41 bits per heavy atom. The number of nitrogens with one attached hydrogen (secondary N) is 1. The highest BCUT2D eigenvalue weighted by Crippen LogP contribution is 2.36. The van der Waals surface area contributed by atoms with Crippen LogP contribution >= 0.6 is 11.6 Å². The monoisotopic (exact) mass is 694 g/mol. The van der Waals surface area contributed by atoms with E-state index in [0.717, 1.165) is 62.0 Å². The molecule has 0 bridgehead atoms. The molecule has 15 heteroatoms. The zero-order valence-electron chi connectivity index (χ0n) is 28.9. The first-order valence-corrected chi connectivity index (χ1v) is 17.5. The molecule has 1 saturated carbocycles. The number of benzene rings is 1. The molecule has 4 atom stereocenters. The summed E-state index contributed by atoms with van der Waals surface area (Å²) in [6, 6.07) is 6.48. The van der Waals surface area contributed by atoms with Crippen molar-refractivity contribution >= 4 is 23.2 Å². The van der Waals surface area contributed by atoms with Gasteiger partial charge >= 0.3 is 0 Å². The second-order valence-electron chi connectivity index (χ2n) is 13.2. The summed E-state index contributed by atoms with van der Waals surface area (Å²) in [6.45, 7) is 11.4. The van der Waals surface area contributed by atoms with Crippen molar-refractivity contribution in [3.05, 3.63) is 48.1 Å². The molecule has 2 aliphatic rings. The highest BCUT2D eigenvalue weighted by atomic mass is 35.5. The van der Waals surface area contributed by atoms with Gasteiger partial charge in [0.05, 0.1) is 42.1 Å². The van der Waals surface area contributed by atoms with Crippen LogP contribution in [0.25, 0.3) is 11.1 Å². The Bertz CT molecular complexity index is 1600. The van der Waals surface area contributed by atoms with E-state index in [1.165, 1.54) is 0 Å². The standard InChI is InChI=1S/C34H47ClN10O4/c1-22(12-13-46-5)49-33-31(20-45(40-33)29-9-7-28(8-10-29)43-17-23(2)47-24(3)18-43)39-34-36-15-27(16-37-34)26-6-11-30(35)32(14-26)48-25(4)19-44-21-38-41-42-44/h6,11,14-16,20-25,28-29H,7-10,12-13,17-19H2,1-5H3,(H,36,37,39)/t22?,23-,24+,25-,28-,29-/m0/s1. The SMILES string of the molecule is COCCC(C)Oc1nn([C@H]2CC[C@H](N3C[C@@H](C)O[C@@H](C)C3)CC2)cc1Nc1ncc(-c2ccc(Cl)c(O[C@@H](C)Cn3cnnn3)c2)cn1. The molecule has 264 valence electrons. The molecular weight excluding hydrogens is 648 g/mol. The van der Waals surface area contributed by atoms with E-state index < -0.39 is 0 Å². The van der Waals surface area contributed by atoms with Crippen LogP contribution in [0.1, 0.15) is 65.8 Å². The van der Waals surface area contributed by atoms with Crippen LogP contribution in [0.2, 0.25) is 5.02 Å². The lowest BCUT2D eigenvalue weighted by molar-refractivity contribution is -0.0852. The molecule has 1 N–H and O–H groups in total. The first-order chi connectivity index (χ1) is 23.7. The average Bonchev–Trinajstić information content (AvgIpc) is 3.74. The topological polar surface area (TPSA) is 139 Å². The third kappa shape index (κ3) is 9.24. The third-order valence-corrected chi connectivity index (χ3v) is 9.38. The van der Waals surface area contributed by atoms with Crippen molar-refractivity contribution in [3.8, 4) is 22.8 Å². The Balaban J connectivity index is 1.13. The summed E-state index contributed by atoms with van der Waals surface area (Å²) in [5.41, 5.74) is 2.43. The molecule has 14 nitrogen and oxygen atoms in total. The van der Waals surface area contributed by atoms with Crippen molar-refractivity contribution in [2.24, 2.45) is 0 Å². The van der Waals surface area contributed by atoms with Crippen LogP contribution in [0.4, 0.5) is 11.6 Å². The van der Waals surface area contributed by atoms with Crippen LogP contribution in [0.15, 0.2) is 43.1 Å². The molecule has 1 saturated heterocycles. The van der Waals surface area contributed by atoms with Crippen LogP contribution in [0, 0.1) is 0 Å². The number of anilines is 2. The van der Waals surface area contributed by atoms with Gasteiger partial charge in [-0.15, -0.1) is 10.2 Å². The van der Waals surface area contributed by atoms with Gasteiger partial charge < -0.3 is 24.3 Å². The van der Waals surface area contributed by atoms with E-state index in [0.29, 0.717) is 47.8 Å².